The van der Waals surface area contributed by atoms with Crippen LogP contribution in [0.2, 0.25) is 0 Å². The minimum Gasteiger partial charge on any atom is -0.364 e. The van der Waals surface area contributed by atoms with Crippen molar-refractivity contribution < 1.29 is 4.52 Å². The lowest BCUT2D eigenvalue weighted by molar-refractivity contribution is 0.169. The Kier molecular flexibility index (Phi) is 8.18. The van der Waals surface area contributed by atoms with Gasteiger partial charge in [0.15, 0.2) is 5.96 Å². The van der Waals surface area contributed by atoms with E-state index in [9.17, 15) is 0 Å². The van der Waals surface area contributed by atoms with E-state index in [1.54, 1.807) is 6.26 Å². The van der Waals surface area contributed by atoms with Crippen molar-refractivity contribution in [3.63, 3.8) is 0 Å². The highest BCUT2D eigenvalue weighted by Crippen LogP contribution is 2.23. The molecule has 0 atom stereocenters. The monoisotopic (exact) mass is 438 g/mol. The third-order valence-corrected chi connectivity index (χ3v) is 6.93. The molecule has 0 spiro atoms. The van der Waals surface area contributed by atoms with Crippen molar-refractivity contribution in [3.05, 3.63) is 53.4 Å². The van der Waals surface area contributed by atoms with E-state index in [2.05, 4.69) is 61.5 Å². The summed E-state index contributed by atoms with van der Waals surface area (Å²) in [5.74, 6) is 0.988. The molecular formula is C25H38N6O. The third-order valence-electron chi connectivity index (χ3n) is 6.93. The first-order chi connectivity index (χ1) is 15.7. The summed E-state index contributed by atoms with van der Waals surface area (Å²) in [7, 11) is 4.17. The molecule has 2 aliphatic rings. The van der Waals surface area contributed by atoms with Gasteiger partial charge < -0.3 is 14.7 Å². The lowest BCUT2D eigenvalue weighted by Gasteiger charge is -2.36. The quantitative estimate of drug-likeness (QED) is 0.529. The molecule has 1 saturated carbocycles. The molecule has 32 heavy (non-hydrogen) atoms. The van der Waals surface area contributed by atoms with E-state index in [4.69, 9.17) is 4.52 Å². The molecule has 0 amide bonds. The number of nitrogens with one attached hydrogen (secondary N) is 1. The summed E-state index contributed by atoms with van der Waals surface area (Å²) in [5, 5.41) is 7.65. The fourth-order valence-corrected chi connectivity index (χ4v) is 4.98. The summed E-state index contributed by atoms with van der Waals surface area (Å²) in [6, 6.07) is 11.5. The number of piperazine rings is 1. The fraction of sp³-hybridized carbons (Fsp3) is 0.600. The predicted molar refractivity (Wildman–Crippen MR) is 128 cm³/mol. The van der Waals surface area contributed by atoms with Gasteiger partial charge >= 0.3 is 0 Å². The molecule has 1 aromatic carbocycles. The minimum atomic E-state index is 0.728. The normalized spacial score (nSPS) is 19.0. The van der Waals surface area contributed by atoms with Crippen LogP contribution in [0.25, 0.3) is 0 Å². The third kappa shape index (κ3) is 6.11. The molecule has 0 radical (unpaired) electrons. The number of hydrogen-bond acceptors (Lipinski definition) is 5. The maximum absolute atomic E-state index is 4.96. The van der Waals surface area contributed by atoms with Crippen molar-refractivity contribution in [1.82, 2.24) is 25.2 Å². The Morgan fingerprint density at radius 2 is 1.84 bits per heavy atom. The van der Waals surface area contributed by atoms with Crippen LogP contribution in [0.15, 0.2) is 46.1 Å². The Morgan fingerprint density at radius 3 is 2.53 bits per heavy atom. The Balaban J connectivity index is 1.29. The molecule has 1 aliphatic heterocycles. The minimum absolute atomic E-state index is 0.728. The number of benzene rings is 1. The van der Waals surface area contributed by atoms with Gasteiger partial charge in [-0.3, -0.25) is 14.8 Å². The van der Waals surface area contributed by atoms with Gasteiger partial charge in [0.05, 0.1) is 5.69 Å². The number of aromatic nitrogens is 1. The Labute approximate surface area is 192 Å². The van der Waals surface area contributed by atoms with Crippen LogP contribution in [0.1, 0.15) is 48.9 Å². The maximum Gasteiger partial charge on any atom is 0.194 e. The van der Waals surface area contributed by atoms with Crippen molar-refractivity contribution in [2.45, 2.75) is 57.8 Å². The number of guanidine groups is 1. The van der Waals surface area contributed by atoms with Gasteiger partial charge in [-0.05, 0) is 31.0 Å². The average Bonchev–Trinajstić information content (AvgIpc) is 3.35. The van der Waals surface area contributed by atoms with Gasteiger partial charge in [0.1, 0.15) is 6.26 Å². The van der Waals surface area contributed by atoms with Gasteiger partial charge in [-0.1, -0.05) is 48.7 Å². The number of rotatable bonds is 7. The van der Waals surface area contributed by atoms with E-state index in [0.29, 0.717) is 0 Å². The SMILES string of the molecule is CN=C(NCc1ccccc1CN(C)C1CCCCC1)N1CCN(Cc2ccon2)CC1. The van der Waals surface area contributed by atoms with Gasteiger partial charge in [0, 0.05) is 65.0 Å². The predicted octanol–water partition coefficient (Wildman–Crippen LogP) is 3.33. The van der Waals surface area contributed by atoms with Crippen molar-refractivity contribution >= 4 is 5.96 Å². The van der Waals surface area contributed by atoms with E-state index in [1.807, 2.05) is 13.1 Å². The first-order valence-corrected chi connectivity index (χ1v) is 12.1. The first kappa shape index (κ1) is 22.8. The number of nitrogens with zero attached hydrogens (tertiary/aromatic N) is 5. The molecule has 1 N–H and O–H groups in total. The highest BCUT2D eigenvalue weighted by Gasteiger charge is 2.21. The zero-order chi connectivity index (χ0) is 22.2. The Hall–Kier alpha value is -2.38. The second-order valence-corrected chi connectivity index (χ2v) is 9.13. The topological polar surface area (TPSA) is 60.1 Å². The van der Waals surface area contributed by atoms with Crippen LogP contribution in [-0.4, -0.2) is 72.1 Å². The van der Waals surface area contributed by atoms with E-state index >= 15 is 0 Å². The molecule has 174 valence electrons. The van der Waals surface area contributed by atoms with Crippen LogP contribution in [0, 0.1) is 0 Å². The lowest BCUT2D eigenvalue weighted by Crippen LogP contribution is -2.52. The summed E-state index contributed by atoms with van der Waals surface area (Å²) < 4.78 is 4.96. The van der Waals surface area contributed by atoms with Crippen LogP contribution in [0.3, 0.4) is 0 Å². The van der Waals surface area contributed by atoms with Crippen molar-refractivity contribution in [1.29, 1.82) is 0 Å². The largest absolute Gasteiger partial charge is 0.364 e. The van der Waals surface area contributed by atoms with Gasteiger partial charge in [0.2, 0.25) is 0 Å². The van der Waals surface area contributed by atoms with E-state index in [0.717, 1.165) is 63.5 Å². The van der Waals surface area contributed by atoms with Crippen molar-refractivity contribution in [2.75, 3.05) is 40.3 Å². The highest BCUT2D eigenvalue weighted by atomic mass is 16.5. The summed E-state index contributed by atoms with van der Waals surface area (Å²) in [4.78, 5) is 11.9. The molecule has 2 fully saturated rings. The molecule has 0 unspecified atom stereocenters. The second kappa shape index (κ2) is 11.5. The molecule has 7 heteroatoms. The Bertz CT molecular complexity index is 838. The molecule has 2 aromatic rings. The van der Waals surface area contributed by atoms with Crippen LogP contribution in [-0.2, 0) is 19.6 Å². The first-order valence-electron chi connectivity index (χ1n) is 12.1. The van der Waals surface area contributed by atoms with Crippen LogP contribution in [0.5, 0.6) is 0 Å². The summed E-state index contributed by atoms with van der Waals surface area (Å²) in [6.07, 6.45) is 8.47. The van der Waals surface area contributed by atoms with Crippen LogP contribution < -0.4 is 5.32 Å². The van der Waals surface area contributed by atoms with Gasteiger partial charge in [0.25, 0.3) is 0 Å². The smallest absolute Gasteiger partial charge is 0.194 e. The summed E-state index contributed by atoms with van der Waals surface area (Å²) in [5.41, 5.74) is 3.78. The molecule has 2 heterocycles. The van der Waals surface area contributed by atoms with Crippen molar-refractivity contribution in [2.24, 2.45) is 4.99 Å². The summed E-state index contributed by atoms with van der Waals surface area (Å²) in [6.45, 7) is 6.58. The van der Waals surface area contributed by atoms with E-state index in [-0.39, 0.29) is 0 Å². The van der Waals surface area contributed by atoms with Gasteiger partial charge in [-0.2, -0.15) is 0 Å². The van der Waals surface area contributed by atoms with Crippen LogP contribution >= 0.6 is 0 Å². The average molecular weight is 439 g/mol. The number of hydrogen-bond donors (Lipinski definition) is 1. The summed E-state index contributed by atoms with van der Waals surface area (Å²) >= 11 is 0. The molecule has 4 rings (SSSR count). The second-order valence-electron chi connectivity index (χ2n) is 9.13. The number of aliphatic imine (C=N–C) groups is 1. The fourth-order valence-electron chi connectivity index (χ4n) is 4.98. The van der Waals surface area contributed by atoms with Gasteiger partial charge in [-0.25, -0.2) is 0 Å². The molecule has 1 saturated heterocycles. The van der Waals surface area contributed by atoms with Crippen LogP contribution in [0.4, 0.5) is 0 Å². The van der Waals surface area contributed by atoms with Crippen molar-refractivity contribution in [3.8, 4) is 0 Å². The van der Waals surface area contributed by atoms with E-state index in [1.165, 1.54) is 43.2 Å². The molecule has 7 nitrogen and oxygen atoms in total. The molecular weight excluding hydrogens is 400 g/mol. The molecule has 1 aliphatic carbocycles. The highest BCUT2D eigenvalue weighted by molar-refractivity contribution is 5.80. The standard InChI is InChI=1S/C25H38N6O/c1-26-25(31-15-13-30(14-16-31)20-23-12-17-32-28-23)27-18-21-8-6-7-9-22(21)19-29(2)24-10-4-3-5-11-24/h6-9,12,17,24H,3-5,10-11,13-16,18-20H2,1-2H3,(H,26,27). The van der Waals surface area contributed by atoms with E-state index < -0.39 is 0 Å². The molecule has 0 bridgehead atoms. The molecule has 1 aromatic heterocycles. The Morgan fingerprint density at radius 1 is 1.09 bits per heavy atom. The zero-order valence-corrected chi connectivity index (χ0v) is 19.7. The zero-order valence-electron chi connectivity index (χ0n) is 19.7. The lowest BCUT2D eigenvalue weighted by atomic mass is 9.94. The maximum atomic E-state index is 4.96. The van der Waals surface area contributed by atoms with Gasteiger partial charge in [-0.15, -0.1) is 0 Å².